The van der Waals surface area contributed by atoms with E-state index < -0.39 is 0 Å². The van der Waals surface area contributed by atoms with Crippen LogP contribution < -0.4 is 5.56 Å². The average molecular weight is 344 g/mol. The molecule has 0 atom stereocenters. The number of hydrogen-bond acceptors (Lipinski definition) is 5. The van der Waals surface area contributed by atoms with Crippen molar-refractivity contribution < 1.29 is 9.26 Å². The second-order valence-corrected chi connectivity index (χ2v) is 6.35. The van der Waals surface area contributed by atoms with Crippen LogP contribution >= 0.6 is 0 Å². The highest BCUT2D eigenvalue weighted by Gasteiger charge is 2.22. The fourth-order valence-corrected chi connectivity index (χ4v) is 3.33. The Hall–Kier alpha value is -2.41. The molecule has 134 valence electrons. The minimum absolute atomic E-state index is 0. The van der Waals surface area contributed by atoms with Crippen molar-refractivity contribution in [3.05, 3.63) is 51.8 Å². The summed E-state index contributed by atoms with van der Waals surface area (Å²) in [7, 11) is 0. The lowest BCUT2D eigenvalue weighted by atomic mass is 10.00. The minimum Gasteiger partial charge on any atom is -0.381 e. The fraction of sp³-hybridized carbons (Fsp3) is 0.500. The number of imidazole rings is 1. The molecule has 4 rings (SSSR count). The zero-order chi connectivity index (χ0) is 16.7. The van der Waals surface area contributed by atoms with Crippen molar-refractivity contribution >= 4 is 5.52 Å². The van der Waals surface area contributed by atoms with Gasteiger partial charge in [0.2, 0.25) is 0 Å². The predicted octanol–water partition coefficient (Wildman–Crippen LogP) is 2.68. The molecule has 0 bridgehead atoms. The summed E-state index contributed by atoms with van der Waals surface area (Å²) in [6.07, 6.45) is 5.55. The van der Waals surface area contributed by atoms with Gasteiger partial charge >= 0.3 is 0 Å². The van der Waals surface area contributed by atoms with E-state index in [9.17, 15) is 4.79 Å². The molecule has 1 fully saturated rings. The summed E-state index contributed by atoms with van der Waals surface area (Å²) in [6, 6.07) is 1.85. The van der Waals surface area contributed by atoms with E-state index in [0.717, 1.165) is 43.3 Å². The summed E-state index contributed by atoms with van der Waals surface area (Å²) in [5.41, 5.74) is 2.21. The Labute approximate surface area is 146 Å². The molecule has 0 unspecified atom stereocenters. The minimum atomic E-state index is -0.0603. The van der Waals surface area contributed by atoms with E-state index in [2.05, 4.69) is 10.1 Å². The number of rotatable bonds is 3. The molecule has 3 aromatic heterocycles. The Morgan fingerprint density at radius 1 is 1.28 bits per heavy atom. The molecule has 0 aliphatic carbocycles. The van der Waals surface area contributed by atoms with Gasteiger partial charge in [0.05, 0.1) is 18.4 Å². The van der Waals surface area contributed by atoms with Gasteiger partial charge in [0.25, 0.3) is 5.56 Å². The van der Waals surface area contributed by atoms with Crippen molar-refractivity contribution in [2.24, 2.45) is 0 Å². The number of aryl methyl sites for hydroxylation is 2. The second kappa shape index (κ2) is 6.84. The van der Waals surface area contributed by atoms with E-state index in [0.29, 0.717) is 23.7 Å². The van der Waals surface area contributed by atoms with Crippen LogP contribution in [0.5, 0.6) is 0 Å². The van der Waals surface area contributed by atoms with Crippen molar-refractivity contribution in [3.8, 4) is 0 Å². The van der Waals surface area contributed by atoms with E-state index in [4.69, 9.17) is 9.26 Å². The first-order chi connectivity index (χ1) is 11.6. The largest absolute Gasteiger partial charge is 0.381 e. The molecular weight excluding hydrogens is 320 g/mol. The maximum absolute atomic E-state index is 12.9. The third kappa shape index (κ3) is 3.11. The van der Waals surface area contributed by atoms with Crippen LogP contribution in [0.2, 0.25) is 0 Å². The van der Waals surface area contributed by atoms with Gasteiger partial charge in [0, 0.05) is 37.1 Å². The Morgan fingerprint density at radius 3 is 2.72 bits per heavy atom. The summed E-state index contributed by atoms with van der Waals surface area (Å²) in [4.78, 5) is 17.4. The normalized spacial score (nSPS) is 15.4. The van der Waals surface area contributed by atoms with Crippen molar-refractivity contribution in [2.75, 3.05) is 13.2 Å². The monoisotopic (exact) mass is 344 g/mol. The number of aromatic nitrogens is 4. The molecule has 0 saturated carbocycles. The van der Waals surface area contributed by atoms with Crippen LogP contribution in [-0.4, -0.2) is 32.3 Å². The van der Waals surface area contributed by atoms with E-state index >= 15 is 0 Å². The molecule has 3 aromatic rings. The van der Waals surface area contributed by atoms with Crippen molar-refractivity contribution in [2.45, 2.75) is 46.6 Å². The fourth-order valence-electron chi connectivity index (χ4n) is 3.33. The lowest BCUT2D eigenvalue weighted by Crippen LogP contribution is -2.25. The van der Waals surface area contributed by atoms with Crippen LogP contribution in [-0.2, 0) is 11.3 Å². The van der Waals surface area contributed by atoms with E-state index in [-0.39, 0.29) is 13.0 Å². The highest BCUT2D eigenvalue weighted by atomic mass is 16.5. The number of nitrogens with zero attached hydrogens (tertiary/aromatic N) is 4. The van der Waals surface area contributed by atoms with Gasteiger partial charge in [-0.15, -0.1) is 0 Å². The Kier molecular flexibility index (Phi) is 4.76. The zero-order valence-corrected chi connectivity index (χ0v) is 13.9. The molecule has 1 aliphatic rings. The van der Waals surface area contributed by atoms with Gasteiger partial charge in [-0.05, 0) is 26.7 Å². The Morgan fingerprint density at radius 2 is 2.04 bits per heavy atom. The van der Waals surface area contributed by atoms with Gasteiger partial charge in [-0.1, -0.05) is 12.6 Å². The first-order valence-electron chi connectivity index (χ1n) is 8.21. The van der Waals surface area contributed by atoms with Gasteiger partial charge in [-0.3, -0.25) is 9.20 Å². The van der Waals surface area contributed by atoms with Crippen LogP contribution in [0.1, 0.15) is 49.2 Å². The van der Waals surface area contributed by atoms with Crippen LogP contribution in [0, 0.1) is 13.8 Å². The van der Waals surface area contributed by atoms with Crippen LogP contribution in [0.4, 0.5) is 0 Å². The van der Waals surface area contributed by atoms with Crippen LogP contribution in [0.15, 0.2) is 27.8 Å². The summed E-state index contributed by atoms with van der Waals surface area (Å²) < 4.78 is 14.3. The molecular formula is C18H24N4O3. The highest BCUT2D eigenvalue weighted by molar-refractivity contribution is 5.45. The molecule has 0 radical (unpaired) electrons. The van der Waals surface area contributed by atoms with Gasteiger partial charge in [-0.25, -0.2) is 4.98 Å². The van der Waals surface area contributed by atoms with Gasteiger partial charge in [0.15, 0.2) is 5.76 Å². The quantitative estimate of drug-likeness (QED) is 0.730. The van der Waals surface area contributed by atoms with Gasteiger partial charge in [0.1, 0.15) is 11.3 Å². The molecule has 7 heteroatoms. The molecule has 4 heterocycles. The third-order valence-electron chi connectivity index (χ3n) is 4.61. The first kappa shape index (κ1) is 17.4. The van der Waals surface area contributed by atoms with E-state index in [1.165, 1.54) is 0 Å². The van der Waals surface area contributed by atoms with Crippen molar-refractivity contribution in [1.29, 1.82) is 0 Å². The first-order valence-corrected chi connectivity index (χ1v) is 8.21. The molecule has 7 nitrogen and oxygen atoms in total. The van der Waals surface area contributed by atoms with E-state index in [1.54, 1.807) is 10.8 Å². The molecule has 0 spiro atoms. The maximum Gasteiger partial charge on any atom is 0.277 e. The smallest absolute Gasteiger partial charge is 0.277 e. The predicted molar refractivity (Wildman–Crippen MR) is 94.1 cm³/mol. The molecule has 0 N–H and O–H groups in total. The molecule has 1 aliphatic heterocycles. The summed E-state index contributed by atoms with van der Waals surface area (Å²) >= 11 is 0. The van der Waals surface area contributed by atoms with Gasteiger partial charge in [-0.2, -0.15) is 0 Å². The topological polar surface area (TPSA) is 74.6 Å². The van der Waals surface area contributed by atoms with Gasteiger partial charge < -0.3 is 13.8 Å². The van der Waals surface area contributed by atoms with Crippen molar-refractivity contribution in [3.63, 3.8) is 0 Å². The maximum atomic E-state index is 12.9. The van der Waals surface area contributed by atoms with Crippen molar-refractivity contribution in [1.82, 2.24) is 19.1 Å². The number of ether oxygens (including phenoxy) is 1. The third-order valence-corrected chi connectivity index (χ3v) is 4.61. The SMILES string of the molecule is C.Cc1cc(Cn2c(C)cn3c(C4CCOCC4)ncc3c2=O)on1. The second-order valence-electron chi connectivity index (χ2n) is 6.35. The molecule has 0 aromatic carbocycles. The molecule has 1 saturated heterocycles. The Bertz CT molecular complexity index is 932. The lowest BCUT2D eigenvalue weighted by molar-refractivity contribution is 0.0835. The zero-order valence-electron chi connectivity index (χ0n) is 13.9. The summed E-state index contributed by atoms with van der Waals surface area (Å²) in [5, 5.41) is 3.88. The standard InChI is InChI=1S/C17H20N4O3.CH4/c1-11-7-14(24-19-11)10-20-12(2)9-21-15(17(20)22)8-18-16(21)13-3-5-23-6-4-13;/h7-9,13H,3-6,10H2,1-2H3;1H4. The average Bonchev–Trinajstić information content (AvgIpc) is 3.18. The molecule has 0 amide bonds. The van der Waals surface area contributed by atoms with Crippen LogP contribution in [0.3, 0.4) is 0 Å². The Balaban J connectivity index is 0.00000182. The number of hydrogen-bond donors (Lipinski definition) is 0. The molecule has 25 heavy (non-hydrogen) atoms. The highest BCUT2D eigenvalue weighted by Crippen LogP contribution is 2.26. The summed E-state index contributed by atoms with van der Waals surface area (Å²) in [6.45, 7) is 5.67. The lowest BCUT2D eigenvalue weighted by Gasteiger charge is -2.21. The summed E-state index contributed by atoms with van der Waals surface area (Å²) in [5.74, 6) is 1.97. The van der Waals surface area contributed by atoms with Crippen LogP contribution in [0.25, 0.3) is 5.52 Å². The van der Waals surface area contributed by atoms with E-state index in [1.807, 2.05) is 30.5 Å². The number of fused-ring (bicyclic) bond motifs is 1.